The zero-order valence-electron chi connectivity index (χ0n) is 14.3. The Morgan fingerprint density at radius 2 is 1.92 bits per heavy atom. The smallest absolute Gasteiger partial charge is 0.271 e. The van der Waals surface area contributed by atoms with E-state index in [1.54, 1.807) is 19.3 Å². The molecule has 0 radical (unpaired) electrons. The Labute approximate surface area is 143 Å². The summed E-state index contributed by atoms with van der Waals surface area (Å²) in [5, 5.41) is 3.09. The molecule has 1 saturated heterocycles. The number of nitrogens with one attached hydrogen (secondary N) is 1. The fraction of sp³-hybridized carbons (Fsp3) is 0.667. The number of nitrogens with zero attached hydrogens (tertiary/aromatic N) is 3. The highest BCUT2D eigenvalue weighted by atomic mass is 16.2. The molecule has 0 unspecified atom stereocenters. The number of hydrogen-bond donors (Lipinski definition) is 1. The lowest BCUT2D eigenvalue weighted by Gasteiger charge is -2.32. The molecule has 1 atom stereocenters. The van der Waals surface area contributed by atoms with Crippen molar-refractivity contribution in [2.75, 3.05) is 13.1 Å². The number of carbonyl (C=O) groups excluding carboxylic acids is 2. The van der Waals surface area contributed by atoms with Gasteiger partial charge >= 0.3 is 0 Å². The SMILES string of the molecule is CC(=O)N1CCC[C@@H](Cc2nccnc2C(=O)NC2CCCC2)C1. The predicted molar refractivity (Wildman–Crippen MR) is 90.4 cm³/mol. The van der Waals surface area contributed by atoms with Gasteiger partial charge in [-0.1, -0.05) is 12.8 Å². The number of carbonyl (C=O) groups is 2. The van der Waals surface area contributed by atoms with E-state index in [-0.39, 0.29) is 17.9 Å². The normalized spacial score (nSPS) is 21.7. The monoisotopic (exact) mass is 330 g/mol. The van der Waals surface area contributed by atoms with Gasteiger partial charge in [0.05, 0.1) is 5.69 Å². The number of aromatic nitrogens is 2. The van der Waals surface area contributed by atoms with Crippen molar-refractivity contribution < 1.29 is 9.59 Å². The maximum atomic E-state index is 12.6. The largest absolute Gasteiger partial charge is 0.348 e. The highest BCUT2D eigenvalue weighted by molar-refractivity contribution is 5.93. The molecule has 1 aromatic heterocycles. The first kappa shape index (κ1) is 16.9. The van der Waals surface area contributed by atoms with Crippen molar-refractivity contribution in [2.45, 2.75) is 57.9 Å². The van der Waals surface area contributed by atoms with Crippen molar-refractivity contribution in [3.63, 3.8) is 0 Å². The van der Waals surface area contributed by atoms with Crippen LogP contribution in [0.4, 0.5) is 0 Å². The van der Waals surface area contributed by atoms with E-state index >= 15 is 0 Å². The summed E-state index contributed by atoms with van der Waals surface area (Å²) in [7, 11) is 0. The standard InChI is InChI=1S/C18H26N4O2/c1-13(23)22-10-4-5-14(12-22)11-16-17(20-9-8-19-16)18(24)21-15-6-2-3-7-15/h8-9,14-15H,2-7,10-12H2,1H3,(H,21,24)/t14-/m0/s1. The summed E-state index contributed by atoms with van der Waals surface area (Å²) in [5.74, 6) is 0.361. The third-order valence-electron chi connectivity index (χ3n) is 5.13. The second kappa shape index (κ2) is 7.73. The molecule has 1 aliphatic heterocycles. The first-order chi connectivity index (χ1) is 11.6. The van der Waals surface area contributed by atoms with Gasteiger partial charge in [0.25, 0.3) is 5.91 Å². The van der Waals surface area contributed by atoms with Crippen LogP contribution in [0, 0.1) is 5.92 Å². The molecule has 2 amide bonds. The third-order valence-corrected chi connectivity index (χ3v) is 5.13. The van der Waals surface area contributed by atoms with Gasteiger partial charge < -0.3 is 10.2 Å². The number of amides is 2. The van der Waals surface area contributed by atoms with Gasteiger partial charge in [-0.25, -0.2) is 4.98 Å². The van der Waals surface area contributed by atoms with Crippen molar-refractivity contribution in [1.29, 1.82) is 0 Å². The van der Waals surface area contributed by atoms with Gasteiger partial charge in [0.15, 0.2) is 0 Å². The molecular weight excluding hydrogens is 304 g/mol. The first-order valence-corrected chi connectivity index (χ1v) is 8.99. The van der Waals surface area contributed by atoms with Crippen LogP contribution in [-0.4, -0.2) is 45.8 Å². The Morgan fingerprint density at radius 1 is 1.17 bits per heavy atom. The summed E-state index contributed by atoms with van der Waals surface area (Å²) in [4.78, 5) is 34.7. The summed E-state index contributed by atoms with van der Waals surface area (Å²) >= 11 is 0. The highest BCUT2D eigenvalue weighted by Crippen LogP contribution is 2.22. The lowest BCUT2D eigenvalue weighted by atomic mass is 9.92. The highest BCUT2D eigenvalue weighted by Gasteiger charge is 2.25. The maximum absolute atomic E-state index is 12.6. The molecule has 1 aromatic rings. The molecule has 0 spiro atoms. The van der Waals surface area contributed by atoms with Crippen LogP contribution in [0.25, 0.3) is 0 Å². The molecule has 6 nitrogen and oxygen atoms in total. The van der Waals surface area contributed by atoms with Crippen molar-refractivity contribution in [2.24, 2.45) is 5.92 Å². The van der Waals surface area contributed by atoms with Crippen molar-refractivity contribution in [3.05, 3.63) is 23.8 Å². The molecule has 1 aliphatic carbocycles. The van der Waals surface area contributed by atoms with Crippen LogP contribution in [0.2, 0.25) is 0 Å². The Morgan fingerprint density at radius 3 is 2.67 bits per heavy atom. The van der Waals surface area contributed by atoms with Gasteiger partial charge in [0, 0.05) is 38.4 Å². The second-order valence-corrected chi connectivity index (χ2v) is 6.98. The van der Waals surface area contributed by atoms with Crippen molar-refractivity contribution in [3.8, 4) is 0 Å². The molecule has 2 fully saturated rings. The average molecular weight is 330 g/mol. The van der Waals surface area contributed by atoms with Crippen molar-refractivity contribution in [1.82, 2.24) is 20.2 Å². The van der Waals surface area contributed by atoms with Crippen LogP contribution in [0.5, 0.6) is 0 Å². The molecular formula is C18H26N4O2. The lowest BCUT2D eigenvalue weighted by molar-refractivity contribution is -0.130. The van der Waals surface area contributed by atoms with Crippen LogP contribution < -0.4 is 5.32 Å². The molecule has 1 saturated carbocycles. The van der Waals surface area contributed by atoms with Crippen LogP contribution >= 0.6 is 0 Å². The fourth-order valence-corrected chi connectivity index (χ4v) is 3.82. The van der Waals surface area contributed by atoms with Gasteiger partial charge in [-0.2, -0.15) is 0 Å². The minimum absolute atomic E-state index is 0.107. The lowest BCUT2D eigenvalue weighted by Crippen LogP contribution is -2.39. The zero-order chi connectivity index (χ0) is 16.9. The Balaban J connectivity index is 1.67. The topological polar surface area (TPSA) is 75.2 Å². The van der Waals surface area contributed by atoms with E-state index in [4.69, 9.17) is 0 Å². The zero-order valence-corrected chi connectivity index (χ0v) is 14.3. The summed E-state index contributed by atoms with van der Waals surface area (Å²) < 4.78 is 0. The molecule has 2 aliphatic rings. The van der Waals surface area contributed by atoms with Crippen LogP contribution in [0.3, 0.4) is 0 Å². The molecule has 2 heterocycles. The van der Waals surface area contributed by atoms with Gasteiger partial charge in [-0.3, -0.25) is 14.6 Å². The second-order valence-electron chi connectivity index (χ2n) is 6.98. The molecule has 0 bridgehead atoms. The Hall–Kier alpha value is -1.98. The fourth-order valence-electron chi connectivity index (χ4n) is 3.82. The Kier molecular flexibility index (Phi) is 5.43. The maximum Gasteiger partial charge on any atom is 0.271 e. The van der Waals surface area contributed by atoms with E-state index in [1.807, 2.05) is 4.90 Å². The summed E-state index contributed by atoms with van der Waals surface area (Å²) in [6.45, 7) is 3.20. The minimum Gasteiger partial charge on any atom is -0.348 e. The predicted octanol–water partition coefficient (Wildman–Crippen LogP) is 1.95. The molecule has 6 heteroatoms. The summed E-state index contributed by atoms with van der Waals surface area (Å²) in [6.07, 6.45) is 10.5. The minimum atomic E-state index is -0.107. The molecule has 0 aromatic carbocycles. The summed E-state index contributed by atoms with van der Waals surface area (Å²) in [6, 6.07) is 0.273. The van der Waals surface area contributed by atoms with E-state index in [0.29, 0.717) is 18.0 Å². The quantitative estimate of drug-likeness (QED) is 0.915. The molecule has 130 valence electrons. The van der Waals surface area contributed by atoms with Crippen LogP contribution in [-0.2, 0) is 11.2 Å². The van der Waals surface area contributed by atoms with Crippen LogP contribution in [0.1, 0.15) is 61.6 Å². The van der Waals surface area contributed by atoms with E-state index in [1.165, 1.54) is 12.8 Å². The van der Waals surface area contributed by atoms with E-state index in [0.717, 1.165) is 44.5 Å². The molecule has 3 rings (SSSR count). The summed E-state index contributed by atoms with van der Waals surface area (Å²) in [5.41, 5.74) is 1.20. The van der Waals surface area contributed by atoms with Gasteiger partial charge in [0.1, 0.15) is 5.69 Å². The Bertz CT molecular complexity index is 598. The van der Waals surface area contributed by atoms with Crippen LogP contribution in [0.15, 0.2) is 12.4 Å². The molecule has 24 heavy (non-hydrogen) atoms. The van der Waals surface area contributed by atoms with Gasteiger partial charge in [-0.05, 0) is 38.0 Å². The number of piperidine rings is 1. The van der Waals surface area contributed by atoms with Crippen molar-refractivity contribution >= 4 is 11.8 Å². The van der Waals surface area contributed by atoms with E-state index in [2.05, 4.69) is 15.3 Å². The van der Waals surface area contributed by atoms with Gasteiger partial charge in [0.2, 0.25) is 5.91 Å². The third kappa shape index (κ3) is 4.10. The average Bonchev–Trinajstić information content (AvgIpc) is 3.08. The number of hydrogen-bond acceptors (Lipinski definition) is 4. The molecule has 1 N–H and O–H groups in total. The van der Waals surface area contributed by atoms with E-state index < -0.39 is 0 Å². The number of likely N-dealkylation sites (tertiary alicyclic amines) is 1. The van der Waals surface area contributed by atoms with Gasteiger partial charge in [-0.15, -0.1) is 0 Å². The van der Waals surface area contributed by atoms with E-state index in [9.17, 15) is 9.59 Å². The number of rotatable bonds is 4. The first-order valence-electron chi connectivity index (χ1n) is 8.99.